The quantitative estimate of drug-likeness (QED) is 0.769. The summed E-state index contributed by atoms with van der Waals surface area (Å²) in [4.78, 5) is 18.9. The van der Waals surface area contributed by atoms with E-state index in [0.717, 1.165) is 16.8 Å². The van der Waals surface area contributed by atoms with Gasteiger partial charge in [-0.15, -0.1) is 0 Å². The van der Waals surface area contributed by atoms with Crippen LogP contribution in [0, 0.1) is 0 Å². The molecule has 0 aliphatic rings. The van der Waals surface area contributed by atoms with Gasteiger partial charge in [-0.3, -0.25) is 9.48 Å². The standard InChI is InChI=1S/C20H23N5O/c1-14(19-21-13-22-25(19)4)23-20(26)17-9-5-7-15(11-17)16-8-6-10-18(12-16)24(2)3/h5-14H,1-4H3,(H,23,26)/t14-/m0/s1. The molecule has 0 radical (unpaired) electrons. The van der Waals surface area contributed by atoms with E-state index >= 15 is 0 Å². The Hall–Kier alpha value is -3.15. The van der Waals surface area contributed by atoms with Crippen molar-refractivity contribution in [2.24, 2.45) is 7.05 Å². The molecule has 26 heavy (non-hydrogen) atoms. The van der Waals surface area contributed by atoms with Crippen LogP contribution < -0.4 is 10.2 Å². The number of amides is 1. The van der Waals surface area contributed by atoms with E-state index in [0.29, 0.717) is 11.4 Å². The van der Waals surface area contributed by atoms with E-state index in [4.69, 9.17) is 0 Å². The van der Waals surface area contributed by atoms with Crippen LogP contribution >= 0.6 is 0 Å². The zero-order chi connectivity index (χ0) is 18.7. The van der Waals surface area contributed by atoms with Crippen molar-refractivity contribution < 1.29 is 4.79 Å². The molecule has 6 heteroatoms. The third kappa shape index (κ3) is 3.74. The molecule has 0 fully saturated rings. The van der Waals surface area contributed by atoms with Crippen LogP contribution in [0.25, 0.3) is 11.1 Å². The summed E-state index contributed by atoms with van der Waals surface area (Å²) >= 11 is 0. The number of rotatable bonds is 5. The summed E-state index contributed by atoms with van der Waals surface area (Å²) < 4.78 is 1.66. The molecule has 6 nitrogen and oxygen atoms in total. The van der Waals surface area contributed by atoms with Gasteiger partial charge in [0.05, 0.1) is 6.04 Å². The molecule has 0 bridgehead atoms. The van der Waals surface area contributed by atoms with Gasteiger partial charge in [-0.1, -0.05) is 24.3 Å². The number of benzene rings is 2. The predicted octanol–water partition coefficient (Wildman–Crippen LogP) is 3.04. The van der Waals surface area contributed by atoms with Crippen molar-refractivity contribution in [3.8, 4) is 11.1 Å². The molecule has 0 saturated heterocycles. The fraction of sp³-hybridized carbons (Fsp3) is 0.250. The number of nitrogens with one attached hydrogen (secondary N) is 1. The first-order chi connectivity index (χ1) is 12.5. The van der Waals surface area contributed by atoms with Crippen LogP contribution in [0.15, 0.2) is 54.9 Å². The van der Waals surface area contributed by atoms with E-state index < -0.39 is 0 Å². The van der Waals surface area contributed by atoms with E-state index in [-0.39, 0.29) is 11.9 Å². The Labute approximate surface area is 153 Å². The molecule has 3 aromatic rings. The number of anilines is 1. The lowest BCUT2D eigenvalue weighted by Crippen LogP contribution is -2.28. The van der Waals surface area contributed by atoms with E-state index in [1.165, 1.54) is 6.33 Å². The summed E-state index contributed by atoms with van der Waals surface area (Å²) in [5, 5.41) is 7.02. The van der Waals surface area contributed by atoms with Gasteiger partial charge in [-0.25, -0.2) is 4.98 Å². The predicted molar refractivity (Wildman–Crippen MR) is 103 cm³/mol. The Morgan fingerprint density at radius 3 is 2.46 bits per heavy atom. The Bertz CT molecular complexity index is 916. The van der Waals surface area contributed by atoms with Crippen molar-refractivity contribution in [2.45, 2.75) is 13.0 Å². The van der Waals surface area contributed by atoms with Gasteiger partial charge < -0.3 is 10.2 Å². The van der Waals surface area contributed by atoms with Gasteiger partial charge in [0.15, 0.2) is 0 Å². The van der Waals surface area contributed by atoms with Crippen molar-refractivity contribution >= 4 is 11.6 Å². The number of nitrogens with zero attached hydrogens (tertiary/aromatic N) is 4. The third-order valence-corrected chi connectivity index (χ3v) is 4.30. The van der Waals surface area contributed by atoms with Gasteiger partial charge in [0.1, 0.15) is 12.2 Å². The summed E-state index contributed by atoms with van der Waals surface area (Å²) in [6.45, 7) is 1.90. The topological polar surface area (TPSA) is 63.1 Å². The molecule has 2 aromatic carbocycles. The van der Waals surface area contributed by atoms with Crippen molar-refractivity contribution in [3.63, 3.8) is 0 Å². The molecule has 0 saturated carbocycles. The molecule has 3 rings (SSSR count). The molecule has 0 aliphatic heterocycles. The number of hydrogen-bond donors (Lipinski definition) is 1. The van der Waals surface area contributed by atoms with Crippen LogP contribution in [-0.4, -0.2) is 34.8 Å². The van der Waals surface area contributed by atoms with E-state index in [2.05, 4.69) is 32.4 Å². The summed E-state index contributed by atoms with van der Waals surface area (Å²) in [6, 6.07) is 15.7. The fourth-order valence-corrected chi connectivity index (χ4v) is 2.85. The van der Waals surface area contributed by atoms with Crippen LogP contribution in [-0.2, 0) is 7.05 Å². The average Bonchev–Trinajstić information content (AvgIpc) is 3.08. The molecule has 1 aromatic heterocycles. The number of hydrogen-bond acceptors (Lipinski definition) is 4. The zero-order valence-corrected chi connectivity index (χ0v) is 15.5. The maximum Gasteiger partial charge on any atom is 0.251 e. The van der Waals surface area contributed by atoms with Crippen molar-refractivity contribution in [3.05, 3.63) is 66.2 Å². The second-order valence-corrected chi connectivity index (χ2v) is 6.46. The summed E-state index contributed by atoms with van der Waals surface area (Å²) in [7, 11) is 5.83. The van der Waals surface area contributed by atoms with Gasteiger partial charge in [0, 0.05) is 32.4 Å². The van der Waals surface area contributed by atoms with Crippen molar-refractivity contribution in [1.29, 1.82) is 0 Å². The zero-order valence-electron chi connectivity index (χ0n) is 15.5. The average molecular weight is 349 g/mol. The lowest BCUT2D eigenvalue weighted by Gasteiger charge is -2.15. The lowest BCUT2D eigenvalue weighted by molar-refractivity contribution is 0.0937. The molecular formula is C20H23N5O. The van der Waals surface area contributed by atoms with Crippen molar-refractivity contribution in [2.75, 3.05) is 19.0 Å². The molecule has 0 spiro atoms. The molecule has 0 aliphatic carbocycles. The molecule has 1 heterocycles. The van der Waals surface area contributed by atoms with Crippen molar-refractivity contribution in [1.82, 2.24) is 20.1 Å². The smallest absolute Gasteiger partial charge is 0.251 e. The first-order valence-corrected chi connectivity index (χ1v) is 8.48. The highest BCUT2D eigenvalue weighted by atomic mass is 16.1. The number of carbonyl (C=O) groups excluding carboxylic acids is 1. The first kappa shape index (κ1) is 17.7. The number of aryl methyl sites for hydroxylation is 1. The highest BCUT2D eigenvalue weighted by Crippen LogP contribution is 2.25. The normalized spacial score (nSPS) is 11.8. The number of aromatic nitrogens is 3. The van der Waals surface area contributed by atoms with Gasteiger partial charge in [0.25, 0.3) is 5.91 Å². The van der Waals surface area contributed by atoms with Crippen LogP contribution in [0.3, 0.4) is 0 Å². The van der Waals surface area contributed by atoms with Crippen LogP contribution in [0.1, 0.15) is 29.1 Å². The van der Waals surface area contributed by atoms with Crippen LogP contribution in [0.5, 0.6) is 0 Å². The maximum atomic E-state index is 12.6. The fourth-order valence-electron chi connectivity index (χ4n) is 2.85. The van der Waals surface area contributed by atoms with Gasteiger partial charge >= 0.3 is 0 Å². The first-order valence-electron chi connectivity index (χ1n) is 8.48. The van der Waals surface area contributed by atoms with Crippen LogP contribution in [0.2, 0.25) is 0 Å². The summed E-state index contributed by atoms with van der Waals surface area (Å²) in [5.74, 6) is 0.583. The van der Waals surface area contributed by atoms with Gasteiger partial charge in [0.2, 0.25) is 0 Å². The minimum atomic E-state index is -0.226. The SMILES string of the molecule is C[C@H](NC(=O)c1cccc(-c2cccc(N(C)C)c2)c1)c1ncnn1C. The lowest BCUT2D eigenvalue weighted by atomic mass is 10.0. The second-order valence-electron chi connectivity index (χ2n) is 6.46. The summed E-state index contributed by atoms with van der Waals surface area (Å²) in [6.07, 6.45) is 1.48. The largest absolute Gasteiger partial charge is 0.378 e. The van der Waals surface area contributed by atoms with Gasteiger partial charge in [-0.2, -0.15) is 5.10 Å². The van der Waals surface area contributed by atoms with E-state index in [1.807, 2.05) is 64.5 Å². The number of carbonyl (C=O) groups is 1. The van der Waals surface area contributed by atoms with Crippen LogP contribution in [0.4, 0.5) is 5.69 Å². The third-order valence-electron chi connectivity index (χ3n) is 4.30. The maximum absolute atomic E-state index is 12.6. The Kier molecular flexibility index (Phi) is 5.02. The van der Waals surface area contributed by atoms with Gasteiger partial charge in [-0.05, 0) is 42.3 Å². The monoisotopic (exact) mass is 349 g/mol. The molecular weight excluding hydrogens is 326 g/mol. The highest BCUT2D eigenvalue weighted by Gasteiger charge is 2.15. The molecule has 134 valence electrons. The molecule has 1 N–H and O–H groups in total. The minimum absolute atomic E-state index is 0.133. The Morgan fingerprint density at radius 2 is 1.81 bits per heavy atom. The second kappa shape index (κ2) is 7.39. The van der Waals surface area contributed by atoms with E-state index in [1.54, 1.807) is 4.68 Å². The minimum Gasteiger partial charge on any atom is -0.378 e. The molecule has 1 atom stereocenters. The molecule has 0 unspecified atom stereocenters. The summed E-state index contributed by atoms with van der Waals surface area (Å²) in [5.41, 5.74) is 3.82. The highest BCUT2D eigenvalue weighted by molar-refractivity contribution is 5.95. The molecule has 1 amide bonds. The Morgan fingerprint density at radius 1 is 1.12 bits per heavy atom. The Balaban J connectivity index is 1.82. The van der Waals surface area contributed by atoms with E-state index in [9.17, 15) is 4.79 Å².